The quantitative estimate of drug-likeness (QED) is 0.545. The summed E-state index contributed by atoms with van der Waals surface area (Å²) in [7, 11) is 0. The zero-order valence-electron chi connectivity index (χ0n) is 8.66. The number of carbonyl (C=O) groups is 1. The second-order valence-electron chi connectivity index (χ2n) is 4.02. The van der Waals surface area contributed by atoms with Crippen LogP contribution in [0.15, 0.2) is 30.1 Å². The van der Waals surface area contributed by atoms with Crippen LogP contribution in [-0.2, 0) is 4.79 Å². The molecule has 2 rings (SSSR count). The van der Waals surface area contributed by atoms with Gasteiger partial charge in [-0.15, -0.1) is 0 Å². The van der Waals surface area contributed by atoms with E-state index in [2.05, 4.69) is 0 Å². The summed E-state index contributed by atoms with van der Waals surface area (Å²) in [6.45, 7) is 1.99. The minimum Gasteiger partial charge on any atom is -0.295 e. The van der Waals surface area contributed by atoms with Crippen LogP contribution in [-0.4, -0.2) is 6.29 Å². The molecule has 1 aliphatic carbocycles. The van der Waals surface area contributed by atoms with Crippen LogP contribution < -0.4 is 0 Å². The van der Waals surface area contributed by atoms with Gasteiger partial charge in [-0.1, -0.05) is 29.8 Å². The Morgan fingerprint density at radius 2 is 1.93 bits per heavy atom. The lowest BCUT2D eigenvalue weighted by Crippen LogP contribution is -1.92. The summed E-state index contributed by atoms with van der Waals surface area (Å²) in [5.74, 6) is -0.362. The van der Waals surface area contributed by atoms with Gasteiger partial charge in [-0.25, -0.2) is 4.39 Å². The molecule has 1 aromatic carbocycles. The highest BCUT2D eigenvalue weighted by molar-refractivity contribution is 5.87. The van der Waals surface area contributed by atoms with Gasteiger partial charge in [0.15, 0.2) is 12.1 Å². The van der Waals surface area contributed by atoms with Crippen molar-refractivity contribution in [2.45, 2.75) is 19.8 Å². The first kappa shape index (κ1) is 10.1. The third kappa shape index (κ3) is 2.14. The number of carbonyl (C=O) groups excluding carboxylic acids is 1. The normalized spacial score (nSPS) is 17.2. The molecule has 0 atom stereocenters. The Morgan fingerprint density at radius 1 is 1.33 bits per heavy atom. The lowest BCUT2D eigenvalue weighted by molar-refractivity contribution is -0.106. The van der Waals surface area contributed by atoms with Crippen molar-refractivity contribution in [1.29, 1.82) is 0 Å². The fourth-order valence-electron chi connectivity index (χ4n) is 1.74. The molecule has 0 bridgehead atoms. The number of allylic oxidation sites excluding steroid dienone is 2. The third-order valence-electron chi connectivity index (χ3n) is 2.71. The topological polar surface area (TPSA) is 17.1 Å². The van der Waals surface area contributed by atoms with Crippen LogP contribution in [0, 0.1) is 12.8 Å². The summed E-state index contributed by atoms with van der Waals surface area (Å²) in [6.07, 6.45) is 2.29. The molecule has 1 fully saturated rings. The van der Waals surface area contributed by atoms with Crippen molar-refractivity contribution >= 4 is 11.9 Å². The summed E-state index contributed by atoms with van der Waals surface area (Å²) in [4.78, 5) is 10.5. The van der Waals surface area contributed by atoms with Crippen LogP contribution in [0.2, 0.25) is 0 Å². The zero-order valence-corrected chi connectivity index (χ0v) is 8.66. The second kappa shape index (κ2) is 3.97. The lowest BCUT2D eigenvalue weighted by atomic mass is 9.99. The van der Waals surface area contributed by atoms with E-state index < -0.39 is 5.83 Å². The molecule has 1 nitrogen and oxygen atoms in total. The van der Waals surface area contributed by atoms with Crippen LogP contribution in [0.5, 0.6) is 0 Å². The van der Waals surface area contributed by atoms with E-state index in [0.29, 0.717) is 11.9 Å². The molecule has 1 aliphatic rings. The summed E-state index contributed by atoms with van der Waals surface area (Å²) in [5.41, 5.74) is 2.57. The summed E-state index contributed by atoms with van der Waals surface area (Å²) in [5, 5.41) is 0. The molecule has 0 unspecified atom stereocenters. The van der Waals surface area contributed by atoms with Crippen LogP contribution >= 0.6 is 0 Å². The number of rotatable bonds is 3. The van der Waals surface area contributed by atoms with Gasteiger partial charge >= 0.3 is 0 Å². The molecule has 2 heteroatoms. The van der Waals surface area contributed by atoms with Gasteiger partial charge in [0.2, 0.25) is 0 Å². The molecule has 1 saturated carbocycles. The van der Waals surface area contributed by atoms with Gasteiger partial charge in [0.05, 0.1) is 0 Å². The van der Waals surface area contributed by atoms with E-state index in [9.17, 15) is 9.18 Å². The highest BCUT2D eigenvalue weighted by Crippen LogP contribution is 2.43. The first-order valence-electron chi connectivity index (χ1n) is 5.14. The average molecular weight is 204 g/mol. The van der Waals surface area contributed by atoms with E-state index >= 15 is 0 Å². The predicted molar refractivity (Wildman–Crippen MR) is 58.0 cm³/mol. The molecule has 0 aliphatic heterocycles. The maximum Gasteiger partial charge on any atom is 0.178 e. The van der Waals surface area contributed by atoms with Crippen LogP contribution in [0.3, 0.4) is 0 Å². The zero-order chi connectivity index (χ0) is 10.8. The smallest absolute Gasteiger partial charge is 0.178 e. The minimum atomic E-state index is -0.610. The minimum absolute atomic E-state index is 0.248. The van der Waals surface area contributed by atoms with Gasteiger partial charge in [0.25, 0.3) is 0 Å². The van der Waals surface area contributed by atoms with Gasteiger partial charge in [-0.2, -0.15) is 0 Å². The van der Waals surface area contributed by atoms with Gasteiger partial charge in [0, 0.05) is 5.57 Å². The lowest BCUT2D eigenvalue weighted by Gasteiger charge is -2.06. The van der Waals surface area contributed by atoms with Crippen molar-refractivity contribution in [2.75, 3.05) is 0 Å². The molecule has 0 spiro atoms. The van der Waals surface area contributed by atoms with Gasteiger partial charge in [0.1, 0.15) is 0 Å². The van der Waals surface area contributed by atoms with Crippen molar-refractivity contribution in [3.63, 3.8) is 0 Å². The summed E-state index contributed by atoms with van der Waals surface area (Å²) >= 11 is 0. The SMILES string of the molecule is Cc1ccc(C(=C(F)C=O)C2CC2)cc1. The van der Waals surface area contributed by atoms with Crippen molar-refractivity contribution in [3.8, 4) is 0 Å². The van der Waals surface area contributed by atoms with Crippen LogP contribution in [0.25, 0.3) is 5.57 Å². The predicted octanol–water partition coefficient (Wildman–Crippen LogP) is 3.28. The maximum atomic E-state index is 13.4. The number of benzene rings is 1. The highest BCUT2D eigenvalue weighted by atomic mass is 19.1. The van der Waals surface area contributed by atoms with Gasteiger partial charge in [-0.3, -0.25) is 4.79 Å². The Kier molecular flexibility index (Phi) is 2.67. The van der Waals surface area contributed by atoms with Crippen LogP contribution in [0.4, 0.5) is 4.39 Å². The Labute approximate surface area is 88.6 Å². The number of hydrogen-bond donors (Lipinski definition) is 0. The third-order valence-corrected chi connectivity index (χ3v) is 2.71. The van der Waals surface area contributed by atoms with E-state index in [1.807, 2.05) is 31.2 Å². The van der Waals surface area contributed by atoms with Crippen LogP contribution in [0.1, 0.15) is 24.0 Å². The number of halogens is 1. The van der Waals surface area contributed by atoms with E-state index in [1.54, 1.807) is 0 Å². The number of hydrogen-bond acceptors (Lipinski definition) is 1. The van der Waals surface area contributed by atoms with Crippen molar-refractivity contribution in [3.05, 3.63) is 41.2 Å². The molecule has 78 valence electrons. The first-order valence-corrected chi connectivity index (χ1v) is 5.14. The molecule has 1 aromatic rings. The fraction of sp³-hybridized carbons (Fsp3) is 0.308. The Balaban J connectivity index is 2.41. The summed E-state index contributed by atoms with van der Waals surface area (Å²) < 4.78 is 13.4. The van der Waals surface area contributed by atoms with E-state index in [4.69, 9.17) is 0 Å². The maximum absolute atomic E-state index is 13.4. The van der Waals surface area contributed by atoms with Gasteiger partial charge in [-0.05, 0) is 31.2 Å². The summed E-state index contributed by atoms with van der Waals surface area (Å²) in [6, 6.07) is 7.64. The molecular weight excluding hydrogens is 191 g/mol. The van der Waals surface area contributed by atoms with E-state index in [1.165, 1.54) is 0 Å². The molecule has 0 amide bonds. The van der Waals surface area contributed by atoms with Crippen molar-refractivity contribution < 1.29 is 9.18 Å². The molecule has 0 heterocycles. The largest absolute Gasteiger partial charge is 0.295 e. The standard InChI is InChI=1S/C13H13FO/c1-9-2-4-10(5-3-9)13(11-6-7-11)12(14)8-15/h2-5,8,11H,6-7H2,1H3. The molecule has 0 aromatic heterocycles. The van der Waals surface area contributed by atoms with Crippen molar-refractivity contribution in [1.82, 2.24) is 0 Å². The molecule has 15 heavy (non-hydrogen) atoms. The number of aldehydes is 1. The van der Waals surface area contributed by atoms with E-state index in [0.717, 1.165) is 24.0 Å². The van der Waals surface area contributed by atoms with Crippen molar-refractivity contribution in [2.24, 2.45) is 5.92 Å². The Hall–Kier alpha value is -1.44. The molecule has 0 N–H and O–H groups in total. The Bertz CT molecular complexity index is 399. The number of aryl methyl sites for hydroxylation is 1. The Morgan fingerprint density at radius 3 is 2.40 bits per heavy atom. The first-order chi connectivity index (χ1) is 7.22. The highest BCUT2D eigenvalue weighted by Gasteiger charge is 2.29. The monoisotopic (exact) mass is 204 g/mol. The fourth-order valence-corrected chi connectivity index (χ4v) is 1.74. The molecular formula is C13H13FO. The average Bonchev–Trinajstić information content (AvgIpc) is 3.05. The molecule has 0 radical (unpaired) electrons. The second-order valence-corrected chi connectivity index (χ2v) is 4.02. The molecule has 0 saturated heterocycles. The van der Waals surface area contributed by atoms with Gasteiger partial charge < -0.3 is 0 Å². The van der Waals surface area contributed by atoms with E-state index in [-0.39, 0.29) is 5.92 Å².